The van der Waals surface area contributed by atoms with Crippen molar-refractivity contribution in [3.05, 3.63) is 67.5 Å². The lowest BCUT2D eigenvalue weighted by Crippen LogP contribution is -2.34. The molecule has 0 aliphatic heterocycles. The molecule has 0 aromatic heterocycles. The molecule has 0 unspecified atom stereocenters. The van der Waals surface area contributed by atoms with Gasteiger partial charge in [-0.15, -0.1) is 0 Å². The summed E-state index contributed by atoms with van der Waals surface area (Å²) in [7, 11) is 0. The number of carbonyl (C=O) groups is 1. The molecule has 2 aromatic rings. The molecule has 6 nitrogen and oxygen atoms in total. The van der Waals surface area contributed by atoms with Crippen LogP contribution >= 0.6 is 34.8 Å². The molecule has 2 N–H and O–H groups in total. The summed E-state index contributed by atoms with van der Waals surface area (Å²) >= 11 is 6.89. The van der Waals surface area contributed by atoms with Crippen LogP contribution in [0.5, 0.6) is 0 Å². The van der Waals surface area contributed by atoms with Gasteiger partial charge in [0.05, 0.1) is 10.6 Å². The number of nitrogens with one attached hydrogen (secondary N) is 2. The molecule has 2 rings (SSSR count). The zero-order valence-corrected chi connectivity index (χ0v) is 14.4. The number of nitro groups is 1. The Hall–Kier alpha value is -2.14. The normalized spacial score (nSPS) is 10.0. The summed E-state index contributed by atoms with van der Waals surface area (Å²) in [5, 5.41) is 15.6. The smallest absolute Gasteiger partial charge is 0.282 e. The Bertz CT molecular complexity index is 801. The third-order valence-corrected chi connectivity index (χ3v) is 3.63. The topological polar surface area (TPSA) is 84.3 Å². The summed E-state index contributed by atoms with van der Waals surface area (Å²) < 4.78 is 14.4. The van der Waals surface area contributed by atoms with Crippen molar-refractivity contribution < 1.29 is 14.1 Å². The van der Waals surface area contributed by atoms with Gasteiger partial charge >= 0.3 is 0 Å². The number of rotatable bonds is 3. The van der Waals surface area contributed by atoms with E-state index in [4.69, 9.17) is 12.2 Å². The molecule has 0 spiro atoms. The molecule has 9 heteroatoms. The molecule has 0 saturated heterocycles. The minimum Gasteiger partial charge on any atom is -0.330 e. The second-order valence-corrected chi connectivity index (χ2v) is 5.96. The lowest BCUT2D eigenvalue weighted by Gasteiger charge is -2.10. The summed E-state index contributed by atoms with van der Waals surface area (Å²) in [6.07, 6.45) is 0. The monoisotopic (exact) mass is 445 g/mol. The standard InChI is InChI=1S/C14H9FIN3O3S/c15-10-7-8(16)5-6-11(10)17-14(23)18-13(20)9-3-1-2-4-12(9)19(21)22/h1-7H,(H2,17,18,20,23). The van der Waals surface area contributed by atoms with Gasteiger partial charge in [0, 0.05) is 9.64 Å². The maximum absolute atomic E-state index is 13.7. The number of hydrogen-bond acceptors (Lipinski definition) is 4. The number of anilines is 1. The van der Waals surface area contributed by atoms with Crippen LogP contribution in [0.3, 0.4) is 0 Å². The van der Waals surface area contributed by atoms with Crippen molar-refractivity contribution in [2.24, 2.45) is 0 Å². The van der Waals surface area contributed by atoms with Crippen LogP contribution < -0.4 is 10.6 Å². The average molecular weight is 445 g/mol. The van der Waals surface area contributed by atoms with E-state index in [-0.39, 0.29) is 22.1 Å². The summed E-state index contributed by atoms with van der Waals surface area (Å²) in [4.78, 5) is 22.3. The van der Waals surface area contributed by atoms with Crippen LogP contribution in [-0.4, -0.2) is 15.9 Å². The number of para-hydroxylation sites is 1. The predicted molar refractivity (Wildman–Crippen MR) is 95.9 cm³/mol. The number of amides is 1. The number of hydrogen-bond donors (Lipinski definition) is 2. The minimum atomic E-state index is -0.749. The Morgan fingerprint density at radius 2 is 1.96 bits per heavy atom. The van der Waals surface area contributed by atoms with Gasteiger partial charge in [0.25, 0.3) is 11.6 Å². The molecule has 0 aliphatic rings. The molecule has 0 saturated carbocycles. The maximum atomic E-state index is 13.7. The van der Waals surface area contributed by atoms with E-state index < -0.39 is 16.6 Å². The van der Waals surface area contributed by atoms with E-state index in [1.165, 1.54) is 36.4 Å². The van der Waals surface area contributed by atoms with E-state index in [2.05, 4.69) is 10.6 Å². The van der Waals surface area contributed by atoms with Gasteiger partial charge in [-0.05, 0) is 59.1 Å². The van der Waals surface area contributed by atoms with Crippen LogP contribution in [0.15, 0.2) is 42.5 Å². The molecular weight excluding hydrogens is 436 g/mol. The van der Waals surface area contributed by atoms with Gasteiger partial charge in [-0.3, -0.25) is 20.2 Å². The van der Waals surface area contributed by atoms with Gasteiger partial charge < -0.3 is 5.32 Å². The highest BCUT2D eigenvalue weighted by molar-refractivity contribution is 14.1. The first-order valence-corrected chi connectivity index (χ1v) is 7.68. The average Bonchev–Trinajstić information content (AvgIpc) is 2.50. The predicted octanol–water partition coefficient (Wildman–Crippen LogP) is 3.47. The zero-order valence-electron chi connectivity index (χ0n) is 11.4. The van der Waals surface area contributed by atoms with Gasteiger partial charge in [0.2, 0.25) is 0 Å². The van der Waals surface area contributed by atoms with Crippen LogP contribution in [0.1, 0.15) is 10.4 Å². The summed E-state index contributed by atoms with van der Waals surface area (Å²) in [6.45, 7) is 0. The van der Waals surface area contributed by atoms with E-state index in [9.17, 15) is 19.3 Å². The first-order valence-electron chi connectivity index (χ1n) is 6.19. The van der Waals surface area contributed by atoms with Crippen molar-refractivity contribution in [1.29, 1.82) is 0 Å². The highest BCUT2D eigenvalue weighted by Crippen LogP contribution is 2.18. The number of carbonyl (C=O) groups excluding carboxylic acids is 1. The SMILES string of the molecule is O=C(NC(=S)Nc1ccc(I)cc1F)c1ccccc1[N+](=O)[O-]. The van der Waals surface area contributed by atoms with E-state index in [1.807, 2.05) is 22.6 Å². The molecule has 118 valence electrons. The minimum absolute atomic E-state index is 0.0956. The van der Waals surface area contributed by atoms with Gasteiger partial charge in [0.1, 0.15) is 11.4 Å². The van der Waals surface area contributed by atoms with E-state index in [0.717, 1.165) is 0 Å². The molecule has 0 fully saturated rings. The second-order valence-electron chi connectivity index (χ2n) is 4.31. The molecule has 0 aliphatic carbocycles. The lowest BCUT2D eigenvalue weighted by atomic mass is 10.1. The zero-order chi connectivity index (χ0) is 17.0. The van der Waals surface area contributed by atoms with Gasteiger partial charge in [-0.25, -0.2) is 4.39 Å². The molecule has 0 atom stereocenters. The molecule has 0 heterocycles. The van der Waals surface area contributed by atoms with Crippen LogP contribution in [0.25, 0.3) is 0 Å². The van der Waals surface area contributed by atoms with E-state index in [1.54, 1.807) is 6.07 Å². The van der Waals surface area contributed by atoms with Crippen LogP contribution in [-0.2, 0) is 0 Å². The number of nitro benzene ring substituents is 1. The van der Waals surface area contributed by atoms with Gasteiger partial charge in [-0.2, -0.15) is 0 Å². The van der Waals surface area contributed by atoms with Crippen molar-refractivity contribution in [2.75, 3.05) is 5.32 Å². The fourth-order valence-electron chi connectivity index (χ4n) is 1.74. The van der Waals surface area contributed by atoms with E-state index in [0.29, 0.717) is 3.57 Å². The Balaban J connectivity index is 2.11. The fraction of sp³-hybridized carbons (Fsp3) is 0. The Morgan fingerprint density at radius 1 is 1.26 bits per heavy atom. The quantitative estimate of drug-likeness (QED) is 0.327. The highest BCUT2D eigenvalue weighted by Gasteiger charge is 2.20. The Kier molecular flexibility index (Phi) is 5.55. The third-order valence-electron chi connectivity index (χ3n) is 2.75. The Labute approximate surface area is 149 Å². The van der Waals surface area contributed by atoms with Crippen molar-refractivity contribution in [1.82, 2.24) is 5.32 Å². The molecular formula is C14H9FIN3O3S. The van der Waals surface area contributed by atoms with E-state index >= 15 is 0 Å². The highest BCUT2D eigenvalue weighted by atomic mass is 127. The third kappa shape index (κ3) is 4.42. The number of halogens is 2. The molecule has 23 heavy (non-hydrogen) atoms. The van der Waals surface area contributed by atoms with Crippen molar-refractivity contribution >= 4 is 57.2 Å². The first kappa shape index (κ1) is 17.2. The van der Waals surface area contributed by atoms with Crippen molar-refractivity contribution in [3.8, 4) is 0 Å². The van der Waals surface area contributed by atoms with Crippen LogP contribution in [0.2, 0.25) is 0 Å². The van der Waals surface area contributed by atoms with Crippen molar-refractivity contribution in [2.45, 2.75) is 0 Å². The lowest BCUT2D eigenvalue weighted by molar-refractivity contribution is -0.385. The molecule has 0 bridgehead atoms. The second kappa shape index (κ2) is 7.42. The van der Waals surface area contributed by atoms with Gasteiger partial charge in [0.15, 0.2) is 5.11 Å². The maximum Gasteiger partial charge on any atom is 0.282 e. The number of nitrogens with zero attached hydrogens (tertiary/aromatic N) is 1. The summed E-state index contributed by atoms with van der Waals surface area (Å²) in [5.74, 6) is -1.28. The van der Waals surface area contributed by atoms with Gasteiger partial charge in [-0.1, -0.05) is 12.1 Å². The fourth-order valence-corrected chi connectivity index (χ4v) is 2.40. The number of benzene rings is 2. The van der Waals surface area contributed by atoms with Crippen molar-refractivity contribution in [3.63, 3.8) is 0 Å². The largest absolute Gasteiger partial charge is 0.330 e. The number of thiocarbonyl (C=S) groups is 1. The summed E-state index contributed by atoms with van der Waals surface area (Å²) in [5.41, 5.74) is -0.378. The van der Waals surface area contributed by atoms with Crippen LogP contribution in [0.4, 0.5) is 15.8 Å². The summed E-state index contributed by atoms with van der Waals surface area (Å²) in [6, 6.07) is 9.91. The molecule has 0 radical (unpaired) electrons. The molecule has 2 aromatic carbocycles. The first-order chi connectivity index (χ1) is 10.9. The molecule has 1 amide bonds. The van der Waals surface area contributed by atoms with Crippen LogP contribution in [0, 0.1) is 19.5 Å². The Morgan fingerprint density at radius 3 is 2.61 bits per heavy atom.